The molecule has 0 aromatic rings. The second-order valence-corrected chi connectivity index (χ2v) is 5.02. The lowest BCUT2D eigenvalue weighted by molar-refractivity contribution is -0.139. The lowest BCUT2D eigenvalue weighted by Gasteiger charge is -2.29. The summed E-state index contributed by atoms with van der Waals surface area (Å²) in [6, 6.07) is 0.104. The molecule has 17 heavy (non-hydrogen) atoms. The quantitative estimate of drug-likeness (QED) is 0.494. The Bertz CT molecular complexity index is 320. The molecule has 0 aromatic carbocycles. The third-order valence-electron chi connectivity index (χ3n) is 3.06. The van der Waals surface area contributed by atoms with Crippen LogP contribution in [0.1, 0.15) is 32.6 Å². The molecule has 0 aliphatic heterocycles. The van der Waals surface area contributed by atoms with E-state index in [1.807, 2.05) is 0 Å². The van der Waals surface area contributed by atoms with Crippen molar-refractivity contribution in [1.82, 2.24) is 10.6 Å². The van der Waals surface area contributed by atoms with E-state index in [2.05, 4.69) is 29.8 Å². The van der Waals surface area contributed by atoms with Gasteiger partial charge in [-0.05, 0) is 18.8 Å². The number of rotatable bonds is 3. The first-order valence-corrected chi connectivity index (χ1v) is 6.28. The highest BCUT2D eigenvalue weighted by Crippen LogP contribution is 2.23. The van der Waals surface area contributed by atoms with Crippen molar-refractivity contribution in [2.45, 2.75) is 38.6 Å². The monoisotopic (exact) mass is 257 g/mol. The second-order valence-electron chi connectivity index (χ2n) is 4.49. The number of amides is 2. The first-order valence-electron chi connectivity index (χ1n) is 5.87. The molecular formula is C11H19N3O2S. The molecule has 5 nitrogen and oxygen atoms in total. The van der Waals surface area contributed by atoms with Gasteiger partial charge in [0.05, 0.1) is 11.5 Å². The van der Waals surface area contributed by atoms with Gasteiger partial charge in [0.2, 0.25) is 0 Å². The molecule has 1 fully saturated rings. The van der Waals surface area contributed by atoms with Crippen LogP contribution in [0.2, 0.25) is 0 Å². The van der Waals surface area contributed by atoms with E-state index in [0.717, 1.165) is 19.3 Å². The van der Waals surface area contributed by atoms with Gasteiger partial charge in [0, 0.05) is 6.04 Å². The van der Waals surface area contributed by atoms with Crippen molar-refractivity contribution in [3.05, 3.63) is 0 Å². The van der Waals surface area contributed by atoms with Gasteiger partial charge in [-0.3, -0.25) is 9.59 Å². The van der Waals surface area contributed by atoms with Crippen LogP contribution in [0.4, 0.5) is 0 Å². The fraction of sp³-hybridized carbons (Fsp3) is 0.727. The topological polar surface area (TPSA) is 84.2 Å². The van der Waals surface area contributed by atoms with Crippen molar-refractivity contribution in [1.29, 1.82) is 0 Å². The van der Waals surface area contributed by atoms with E-state index in [1.165, 1.54) is 6.42 Å². The number of carbonyl (C=O) groups excluding carboxylic acids is 2. The number of hydrogen-bond acceptors (Lipinski definition) is 3. The molecule has 2 atom stereocenters. The molecule has 0 spiro atoms. The zero-order chi connectivity index (χ0) is 12.8. The Labute approximate surface area is 107 Å². The molecule has 1 saturated carbocycles. The highest BCUT2D eigenvalue weighted by Gasteiger charge is 2.25. The van der Waals surface area contributed by atoms with Gasteiger partial charge in [0.1, 0.15) is 0 Å². The van der Waals surface area contributed by atoms with Crippen molar-refractivity contribution in [3.63, 3.8) is 0 Å². The average molecular weight is 257 g/mol. The minimum atomic E-state index is -0.671. The number of thiocarbonyl (C=S) groups is 1. The molecule has 0 aromatic heterocycles. The Morgan fingerprint density at radius 2 is 1.94 bits per heavy atom. The summed E-state index contributed by atoms with van der Waals surface area (Å²) in [4.78, 5) is 23.1. The van der Waals surface area contributed by atoms with Gasteiger partial charge in [-0.1, -0.05) is 32.0 Å². The Morgan fingerprint density at radius 1 is 1.29 bits per heavy atom. The Morgan fingerprint density at radius 3 is 2.53 bits per heavy atom. The van der Waals surface area contributed by atoms with E-state index in [0.29, 0.717) is 5.92 Å². The lowest BCUT2D eigenvalue weighted by atomic mass is 9.86. The highest BCUT2D eigenvalue weighted by atomic mass is 32.1. The van der Waals surface area contributed by atoms with Crippen molar-refractivity contribution < 1.29 is 9.59 Å². The maximum atomic E-state index is 11.6. The smallest absolute Gasteiger partial charge is 0.309 e. The highest BCUT2D eigenvalue weighted by molar-refractivity contribution is 7.80. The van der Waals surface area contributed by atoms with Crippen molar-refractivity contribution in [2.24, 2.45) is 11.7 Å². The predicted molar refractivity (Wildman–Crippen MR) is 69.4 cm³/mol. The van der Waals surface area contributed by atoms with E-state index in [4.69, 9.17) is 5.73 Å². The number of hydrogen-bond donors (Lipinski definition) is 3. The molecule has 2 unspecified atom stereocenters. The van der Waals surface area contributed by atoms with Crippen LogP contribution in [0.3, 0.4) is 0 Å². The summed E-state index contributed by atoms with van der Waals surface area (Å²) >= 11 is 4.61. The molecule has 1 rings (SSSR count). The third-order valence-corrected chi connectivity index (χ3v) is 3.20. The van der Waals surface area contributed by atoms with Crippen LogP contribution in [0.15, 0.2) is 0 Å². The molecule has 96 valence electrons. The van der Waals surface area contributed by atoms with E-state index in [-0.39, 0.29) is 17.6 Å². The van der Waals surface area contributed by atoms with E-state index >= 15 is 0 Å². The molecular weight excluding hydrogens is 238 g/mol. The minimum absolute atomic E-state index is 0.0573. The summed E-state index contributed by atoms with van der Waals surface area (Å²) in [6.07, 6.45) is 4.33. The minimum Gasteiger partial charge on any atom is -0.392 e. The van der Waals surface area contributed by atoms with Crippen LogP contribution in [0.25, 0.3) is 0 Å². The van der Waals surface area contributed by atoms with Crippen LogP contribution in [-0.2, 0) is 9.59 Å². The largest absolute Gasteiger partial charge is 0.392 e. The standard InChI is InChI=1S/C11H19N3O2S/c1-7-4-2-3-5-8(7)14-11(16)10(15)13-6-9(12)17/h7-8H,2-6H2,1H3,(H2,12,17)(H,13,15)(H,14,16). The summed E-state index contributed by atoms with van der Waals surface area (Å²) < 4.78 is 0. The maximum Gasteiger partial charge on any atom is 0.309 e. The fourth-order valence-electron chi connectivity index (χ4n) is 2.01. The van der Waals surface area contributed by atoms with Gasteiger partial charge in [0.15, 0.2) is 0 Å². The normalized spacial score (nSPS) is 23.8. The van der Waals surface area contributed by atoms with Crippen LogP contribution < -0.4 is 16.4 Å². The number of nitrogens with one attached hydrogen (secondary N) is 2. The van der Waals surface area contributed by atoms with Gasteiger partial charge < -0.3 is 16.4 Å². The van der Waals surface area contributed by atoms with Gasteiger partial charge >= 0.3 is 11.8 Å². The molecule has 0 bridgehead atoms. The molecule has 0 saturated heterocycles. The van der Waals surface area contributed by atoms with Crippen LogP contribution in [0.5, 0.6) is 0 Å². The van der Waals surface area contributed by atoms with Crippen molar-refractivity contribution in [3.8, 4) is 0 Å². The predicted octanol–water partition coefficient (Wildman–Crippen LogP) is 0.0836. The Hall–Kier alpha value is -1.17. The average Bonchev–Trinajstić information content (AvgIpc) is 2.28. The van der Waals surface area contributed by atoms with Gasteiger partial charge in [-0.15, -0.1) is 0 Å². The second kappa shape index (κ2) is 6.54. The molecule has 1 aliphatic carbocycles. The fourth-order valence-corrected chi connectivity index (χ4v) is 2.08. The molecule has 1 aliphatic rings. The summed E-state index contributed by atoms with van der Waals surface area (Å²) in [5.41, 5.74) is 5.23. The van der Waals surface area contributed by atoms with Crippen LogP contribution in [0, 0.1) is 5.92 Å². The maximum absolute atomic E-state index is 11.6. The Balaban J connectivity index is 2.37. The molecule has 2 amide bonds. The summed E-state index contributed by atoms with van der Waals surface area (Å²) in [6.45, 7) is 2.15. The Kier molecular flexibility index (Phi) is 5.34. The number of carbonyl (C=O) groups is 2. The SMILES string of the molecule is CC1CCCCC1NC(=O)C(=O)NCC(N)=S. The zero-order valence-electron chi connectivity index (χ0n) is 9.99. The molecule has 6 heteroatoms. The van der Waals surface area contributed by atoms with E-state index in [1.54, 1.807) is 0 Å². The zero-order valence-corrected chi connectivity index (χ0v) is 10.8. The molecule has 0 radical (unpaired) electrons. The number of nitrogens with two attached hydrogens (primary N) is 1. The third kappa shape index (κ3) is 4.68. The van der Waals surface area contributed by atoms with Crippen molar-refractivity contribution >= 4 is 29.0 Å². The van der Waals surface area contributed by atoms with E-state index in [9.17, 15) is 9.59 Å². The summed E-state index contributed by atoms with van der Waals surface area (Å²) in [5, 5.41) is 5.13. The van der Waals surface area contributed by atoms with Crippen LogP contribution >= 0.6 is 12.2 Å². The van der Waals surface area contributed by atoms with Crippen molar-refractivity contribution in [2.75, 3.05) is 6.54 Å². The lowest BCUT2D eigenvalue weighted by Crippen LogP contribution is -2.48. The summed E-state index contributed by atoms with van der Waals surface area (Å²) in [7, 11) is 0. The van der Waals surface area contributed by atoms with Crippen LogP contribution in [-0.4, -0.2) is 29.4 Å². The first kappa shape index (κ1) is 13.9. The first-order chi connectivity index (χ1) is 8.00. The van der Waals surface area contributed by atoms with Gasteiger partial charge in [-0.2, -0.15) is 0 Å². The van der Waals surface area contributed by atoms with Gasteiger partial charge in [-0.25, -0.2) is 0 Å². The summed E-state index contributed by atoms with van der Waals surface area (Å²) in [5.74, 6) is -0.841. The molecule has 4 N–H and O–H groups in total. The van der Waals surface area contributed by atoms with Gasteiger partial charge in [0.25, 0.3) is 0 Å². The van der Waals surface area contributed by atoms with E-state index < -0.39 is 11.8 Å². The molecule has 0 heterocycles.